The van der Waals surface area contributed by atoms with Gasteiger partial charge in [0.15, 0.2) is 0 Å². The smallest absolute Gasteiger partial charge is 0.416 e. The van der Waals surface area contributed by atoms with Crippen molar-refractivity contribution in [1.82, 2.24) is 10.2 Å². The predicted octanol–water partition coefficient (Wildman–Crippen LogP) is 3.97. The number of aromatic amines is 1. The maximum atomic E-state index is 13.3. The van der Waals surface area contributed by atoms with Crippen LogP contribution < -0.4 is 4.74 Å². The van der Waals surface area contributed by atoms with Crippen LogP contribution in [0.15, 0.2) is 36.5 Å². The molecular weight excluding hydrogens is 349 g/mol. The van der Waals surface area contributed by atoms with Crippen LogP contribution in [0.25, 0.3) is 22.0 Å². The van der Waals surface area contributed by atoms with Crippen molar-refractivity contribution in [1.29, 1.82) is 0 Å². The average Bonchev–Trinajstić information content (AvgIpc) is 3.08. The zero-order chi connectivity index (χ0) is 18.9. The summed E-state index contributed by atoms with van der Waals surface area (Å²) in [5.74, 6) is -0.0564. The number of ether oxygens (including phenoxy) is 2. The molecule has 8 heteroatoms. The Balaban J connectivity index is 2.23. The molecule has 1 heterocycles. The number of aromatic nitrogens is 2. The lowest BCUT2D eigenvalue weighted by Gasteiger charge is -2.14. The van der Waals surface area contributed by atoms with Crippen molar-refractivity contribution in [2.75, 3.05) is 14.2 Å². The summed E-state index contributed by atoms with van der Waals surface area (Å²) in [7, 11) is 2.70. The number of fused-ring (bicyclic) bond motifs is 1. The molecule has 0 atom stereocenters. The van der Waals surface area contributed by atoms with Crippen molar-refractivity contribution >= 4 is 16.9 Å². The van der Waals surface area contributed by atoms with Crippen LogP contribution in [0, 0.1) is 0 Å². The van der Waals surface area contributed by atoms with E-state index in [1.807, 2.05) is 0 Å². The summed E-state index contributed by atoms with van der Waals surface area (Å²) in [6.45, 7) is 0. The molecule has 5 nitrogen and oxygen atoms in total. The highest BCUT2D eigenvalue weighted by Crippen LogP contribution is 2.40. The quantitative estimate of drug-likeness (QED) is 0.712. The monoisotopic (exact) mass is 364 g/mol. The van der Waals surface area contributed by atoms with E-state index in [2.05, 4.69) is 14.9 Å². The maximum absolute atomic E-state index is 13.3. The fraction of sp³-hybridized carbons (Fsp3) is 0.222. The lowest BCUT2D eigenvalue weighted by atomic mass is 9.96. The zero-order valence-electron chi connectivity index (χ0n) is 14.0. The molecule has 0 saturated carbocycles. The molecule has 26 heavy (non-hydrogen) atoms. The second-order valence-corrected chi connectivity index (χ2v) is 5.64. The first kappa shape index (κ1) is 17.8. The number of methoxy groups -OCH3 is 2. The van der Waals surface area contributed by atoms with Gasteiger partial charge in [-0.15, -0.1) is 0 Å². The molecule has 0 aliphatic rings. The summed E-state index contributed by atoms with van der Waals surface area (Å²) >= 11 is 0. The topological polar surface area (TPSA) is 64.2 Å². The molecule has 0 amide bonds. The molecule has 0 saturated heterocycles. The van der Waals surface area contributed by atoms with Crippen molar-refractivity contribution < 1.29 is 27.4 Å². The van der Waals surface area contributed by atoms with Crippen molar-refractivity contribution in [2.24, 2.45) is 0 Å². The molecule has 0 aliphatic carbocycles. The van der Waals surface area contributed by atoms with E-state index in [1.165, 1.54) is 20.4 Å². The largest absolute Gasteiger partial charge is 0.496 e. The van der Waals surface area contributed by atoms with E-state index < -0.39 is 17.7 Å². The Kier molecular flexibility index (Phi) is 4.58. The Morgan fingerprint density at radius 2 is 1.92 bits per heavy atom. The van der Waals surface area contributed by atoms with Crippen LogP contribution in [0.3, 0.4) is 0 Å². The molecule has 0 bridgehead atoms. The lowest BCUT2D eigenvalue weighted by molar-refractivity contribution is -0.140. The van der Waals surface area contributed by atoms with Gasteiger partial charge >= 0.3 is 12.1 Å². The first-order valence-corrected chi connectivity index (χ1v) is 7.62. The summed E-state index contributed by atoms with van der Waals surface area (Å²) in [4.78, 5) is 11.5. The molecule has 3 rings (SSSR count). The minimum atomic E-state index is -4.51. The van der Waals surface area contributed by atoms with Crippen LogP contribution >= 0.6 is 0 Å². The Bertz CT molecular complexity index is 964. The Hall–Kier alpha value is -3.03. The van der Waals surface area contributed by atoms with E-state index >= 15 is 0 Å². The fourth-order valence-electron chi connectivity index (χ4n) is 2.75. The van der Waals surface area contributed by atoms with Crippen LogP contribution in [-0.2, 0) is 22.1 Å². The van der Waals surface area contributed by atoms with Crippen LogP contribution in [-0.4, -0.2) is 30.4 Å². The number of carbonyl (C=O) groups excluding carboxylic acids is 1. The van der Waals surface area contributed by atoms with Crippen molar-refractivity contribution in [3.8, 4) is 16.9 Å². The number of hydrogen-bond acceptors (Lipinski definition) is 4. The number of carbonyl (C=O) groups is 1. The van der Waals surface area contributed by atoms with E-state index in [1.54, 1.807) is 18.2 Å². The third kappa shape index (κ3) is 3.35. The molecule has 3 aromatic rings. The van der Waals surface area contributed by atoms with E-state index in [0.29, 0.717) is 27.8 Å². The van der Waals surface area contributed by atoms with Gasteiger partial charge in [0.1, 0.15) is 5.75 Å². The van der Waals surface area contributed by atoms with Gasteiger partial charge in [0.05, 0.1) is 37.9 Å². The van der Waals surface area contributed by atoms with Gasteiger partial charge in [0.25, 0.3) is 0 Å². The Morgan fingerprint density at radius 3 is 2.58 bits per heavy atom. The van der Waals surface area contributed by atoms with Gasteiger partial charge in [-0.2, -0.15) is 18.3 Å². The molecule has 0 unspecified atom stereocenters. The van der Waals surface area contributed by atoms with E-state index in [-0.39, 0.29) is 11.9 Å². The third-order valence-electron chi connectivity index (χ3n) is 4.02. The summed E-state index contributed by atoms with van der Waals surface area (Å²) in [5, 5.41) is 6.93. The van der Waals surface area contributed by atoms with Gasteiger partial charge in [0.2, 0.25) is 0 Å². The van der Waals surface area contributed by atoms with E-state index in [0.717, 1.165) is 12.1 Å². The average molecular weight is 364 g/mol. The molecule has 0 fully saturated rings. The van der Waals surface area contributed by atoms with E-state index in [9.17, 15) is 18.0 Å². The molecule has 136 valence electrons. The number of halogens is 3. The Labute approximate surface area is 146 Å². The van der Waals surface area contributed by atoms with Crippen molar-refractivity contribution in [3.63, 3.8) is 0 Å². The summed E-state index contributed by atoms with van der Waals surface area (Å²) in [6.07, 6.45) is -3.05. The van der Waals surface area contributed by atoms with Crippen molar-refractivity contribution in [2.45, 2.75) is 12.6 Å². The van der Waals surface area contributed by atoms with Crippen LogP contribution in [0.5, 0.6) is 5.75 Å². The van der Waals surface area contributed by atoms with Crippen LogP contribution in [0.4, 0.5) is 13.2 Å². The van der Waals surface area contributed by atoms with Crippen LogP contribution in [0.1, 0.15) is 11.1 Å². The number of H-pyrrole nitrogens is 1. The molecule has 0 spiro atoms. The number of hydrogen-bond donors (Lipinski definition) is 1. The second-order valence-electron chi connectivity index (χ2n) is 5.64. The van der Waals surface area contributed by atoms with Gasteiger partial charge in [-0.3, -0.25) is 9.89 Å². The highest BCUT2D eigenvalue weighted by atomic mass is 19.4. The first-order valence-electron chi connectivity index (χ1n) is 7.62. The highest BCUT2D eigenvalue weighted by molar-refractivity contribution is 5.96. The summed E-state index contributed by atoms with van der Waals surface area (Å²) < 4.78 is 49.8. The summed E-state index contributed by atoms with van der Waals surface area (Å²) in [5.41, 5.74) is 0.806. The molecule has 0 radical (unpaired) electrons. The van der Waals surface area contributed by atoms with Gasteiger partial charge in [-0.1, -0.05) is 6.07 Å². The number of esters is 1. The van der Waals surface area contributed by atoms with Crippen molar-refractivity contribution in [3.05, 3.63) is 47.7 Å². The van der Waals surface area contributed by atoms with Crippen LogP contribution in [0.2, 0.25) is 0 Å². The highest BCUT2D eigenvalue weighted by Gasteiger charge is 2.32. The molecule has 2 aromatic carbocycles. The molecule has 1 N–H and O–H groups in total. The lowest BCUT2D eigenvalue weighted by Crippen LogP contribution is -2.06. The minimum absolute atomic E-state index is 0.000978. The number of nitrogens with one attached hydrogen (secondary N) is 1. The van der Waals surface area contributed by atoms with Gasteiger partial charge in [0, 0.05) is 10.9 Å². The first-order chi connectivity index (χ1) is 12.3. The normalized spacial score (nSPS) is 11.6. The third-order valence-corrected chi connectivity index (χ3v) is 4.02. The molecule has 0 aliphatic heterocycles. The van der Waals surface area contributed by atoms with E-state index in [4.69, 9.17) is 4.74 Å². The number of alkyl halides is 3. The predicted molar refractivity (Wildman–Crippen MR) is 88.8 cm³/mol. The maximum Gasteiger partial charge on any atom is 0.416 e. The standard InChI is InChI=1S/C18H15F3N2O3/c1-25-16-4-3-10(6-17(24)26-2)5-13(16)12-7-11(18(19,20)21)8-15-14(12)9-22-23-15/h3-5,7-9H,6H2,1-2H3,(H,22,23). The van der Waals surface area contributed by atoms with Gasteiger partial charge in [-0.25, -0.2) is 0 Å². The fourth-order valence-corrected chi connectivity index (χ4v) is 2.75. The van der Waals surface area contributed by atoms with Gasteiger partial charge in [-0.05, 0) is 35.4 Å². The number of nitrogens with zero attached hydrogens (tertiary/aromatic N) is 1. The SMILES string of the molecule is COC(=O)Cc1ccc(OC)c(-c2cc(C(F)(F)F)cc3[nH]ncc23)c1. The number of benzene rings is 2. The second kappa shape index (κ2) is 6.70. The number of rotatable bonds is 4. The van der Waals surface area contributed by atoms with Gasteiger partial charge < -0.3 is 9.47 Å². The Morgan fingerprint density at radius 1 is 1.15 bits per heavy atom. The molecular formula is C18H15F3N2O3. The zero-order valence-corrected chi connectivity index (χ0v) is 14.0. The summed E-state index contributed by atoms with van der Waals surface area (Å²) in [6, 6.07) is 6.96. The molecule has 1 aromatic heterocycles. The minimum Gasteiger partial charge on any atom is -0.496 e.